The number of nitrogens with zero attached hydrogens (tertiary/aromatic N) is 2. The molecule has 0 fully saturated rings. The molecule has 0 aromatic heterocycles. The topological polar surface area (TPSA) is 71.0 Å². The van der Waals surface area contributed by atoms with Crippen LogP contribution in [-0.4, -0.2) is 41.7 Å². The molecule has 0 atom stereocenters. The molecule has 0 saturated heterocycles. The number of carbonyl (C=O) groups excluding carboxylic acids is 2. The van der Waals surface area contributed by atoms with Crippen molar-refractivity contribution in [2.45, 2.75) is 26.4 Å². The average molecular weight is 400 g/mol. The van der Waals surface area contributed by atoms with Gasteiger partial charge in [0.25, 0.3) is 5.91 Å². The minimum absolute atomic E-state index is 0.126. The van der Waals surface area contributed by atoms with Crippen LogP contribution in [0.15, 0.2) is 47.5 Å². The molecule has 0 bridgehead atoms. The second kappa shape index (κ2) is 7.64. The highest BCUT2D eigenvalue weighted by Crippen LogP contribution is 2.28. The molecule has 6 nitrogen and oxygen atoms in total. The van der Waals surface area contributed by atoms with E-state index in [2.05, 4.69) is 10.3 Å². The van der Waals surface area contributed by atoms with Crippen molar-refractivity contribution in [1.29, 1.82) is 0 Å². The summed E-state index contributed by atoms with van der Waals surface area (Å²) in [5.74, 6) is 0.0685. The van der Waals surface area contributed by atoms with Gasteiger partial charge in [0.2, 0.25) is 5.91 Å². The van der Waals surface area contributed by atoms with Gasteiger partial charge in [-0.25, -0.2) is 0 Å². The molecule has 146 valence electrons. The Labute approximate surface area is 169 Å². The highest BCUT2D eigenvalue weighted by molar-refractivity contribution is 6.47. The number of anilines is 1. The molecule has 2 aromatic rings. The molecule has 1 N–H and O–H groups in total. The summed E-state index contributed by atoms with van der Waals surface area (Å²) < 4.78 is 5.15. The van der Waals surface area contributed by atoms with Crippen LogP contribution in [-0.2, 0) is 9.59 Å². The lowest BCUT2D eigenvalue weighted by Crippen LogP contribution is -2.46. The molecule has 28 heavy (non-hydrogen) atoms. The van der Waals surface area contributed by atoms with Crippen LogP contribution < -0.4 is 10.1 Å². The quantitative estimate of drug-likeness (QED) is 0.833. The van der Waals surface area contributed by atoms with Gasteiger partial charge in [0.15, 0.2) is 0 Å². The van der Waals surface area contributed by atoms with Gasteiger partial charge in [-0.15, -0.1) is 0 Å². The number of nitrogens with one attached hydrogen (secondary N) is 1. The Hall–Kier alpha value is -2.86. The number of aryl methyl sites for hydroxylation is 1. The molecular formula is C21H22ClN3O3. The van der Waals surface area contributed by atoms with Crippen molar-refractivity contribution >= 4 is 34.8 Å². The smallest absolute Gasteiger partial charge is 0.275 e. The summed E-state index contributed by atoms with van der Waals surface area (Å²) in [4.78, 5) is 31.5. The van der Waals surface area contributed by atoms with Crippen molar-refractivity contribution in [2.24, 2.45) is 4.99 Å². The summed E-state index contributed by atoms with van der Waals surface area (Å²) in [5, 5.41) is 3.21. The minimum atomic E-state index is -0.833. The number of benzene rings is 2. The fraction of sp³-hybridized carbons (Fsp3) is 0.286. The third kappa shape index (κ3) is 4.02. The lowest BCUT2D eigenvalue weighted by atomic mass is 10.1. The molecule has 0 aliphatic carbocycles. The standard InChI is InChI=1S/C21H22ClN3O3/c1-13-5-10-17(16(22)11-13)23-18(26)12-25-20(27)19(24-21(25,2)3)14-6-8-15(28-4)9-7-14/h5-11H,12H2,1-4H3,(H,23,26). The molecule has 1 aliphatic rings. The van der Waals surface area contributed by atoms with Crippen molar-refractivity contribution in [3.05, 3.63) is 58.6 Å². The summed E-state index contributed by atoms with van der Waals surface area (Å²) in [6.07, 6.45) is 0. The van der Waals surface area contributed by atoms with Gasteiger partial charge in [-0.1, -0.05) is 17.7 Å². The Balaban J connectivity index is 1.75. The van der Waals surface area contributed by atoms with E-state index in [1.165, 1.54) is 4.90 Å². The summed E-state index contributed by atoms with van der Waals surface area (Å²) >= 11 is 6.17. The van der Waals surface area contributed by atoms with Crippen molar-refractivity contribution in [3.63, 3.8) is 0 Å². The van der Waals surface area contributed by atoms with Crippen LogP contribution in [0.1, 0.15) is 25.0 Å². The molecule has 7 heteroatoms. The van der Waals surface area contributed by atoms with Gasteiger partial charge in [0.05, 0.1) is 17.8 Å². The SMILES string of the molecule is COc1ccc(C2=NC(C)(C)N(CC(=O)Nc3ccc(C)cc3Cl)C2=O)cc1. The predicted octanol–water partition coefficient (Wildman–Crippen LogP) is 3.66. The molecule has 0 radical (unpaired) electrons. The van der Waals surface area contributed by atoms with Gasteiger partial charge in [-0.2, -0.15) is 0 Å². The molecule has 0 saturated carbocycles. The molecule has 0 spiro atoms. The molecule has 1 heterocycles. The van der Waals surface area contributed by atoms with Gasteiger partial charge in [-0.05, 0) is 62.7 Å². The van der Waals surface area contributed by atoms with Crippen LogP contribution >= 0.6 is 11.6 Å². The van der Waals surface area contributed by atoms with E-state index in [1.54, 1.807) is 57.4 Å². The molecular weight excluding hydrogens is 378 g/mol. The number of carbonyl (C=O) groups is 2. The maximum atomic E-state index is 12.9. The van der Waals surface area contributed by atoms with Crippen molar-refractivity contribution in [1.82, 2.24) is 4.90 Å². The first kappa shape index (κ1) is 19.9. The predicted molar refractivity (Wildman–Crippen MR) is 110 cm³/mol. The fourth-order valence-electron chi connectivity index (χ4n) is 3.02. The van der Waals surface area contributed by atoms with E-state index in [4.69, 9.17) is 16.3 Å². The van der Waals surface area contributed by atoms with E-state index in [1.807, 2.05) is 13.0 Å². The molecule has 2 amide bonds. The minimum Gasteiger partial charge on any atom is -0.497 e. The Bertz CT molecular complexity index is 952. The first-order valence-electron chi connectivity index (χ1n) is 8.83. The first-order chi connectivity index (χ1) is 13.2. The maximum Gasteiger partial charge on any atom is 0.275 e. The maximum absolute atomic E-state index is 12.9. The monoisotopic (exact) mass is 399 g/mol. The number of aliphatic imine (C=N–C) groups is 1. The number of methoxy groups -OCH3 is 1. The van der Waals surface area contributed by atoms with Crippen LogP contribution in [0.2, 0.25) is 5.02 Å². The lowest BCUT2D eigenvalue weighted by molar-refractivity contribution is -0.131. The van der Waals surface area contributed by atoms with E-state index in [0.29, 0.717) is 27.7 Å². The molecule has 0 unspecified atom stereocenters. The normalized spacial score (nSPS) is 15.4. The first-order valence-corrected chi connectivity index (χ1v) is 9.21. The van der Waals surface area contributed by atoms with Gasteiger partial charge in [-0.3, -0.25) is 14.6 Å². The third-order valence-corrected chi connectivity index (χ3v) is 4.87. The summed E-state index contributed by atoms with van der Waals surface area (Å²) in [5.41, 5.74) is 1.69. The fourth-order valence-corrected chi connectivity index (χ4v) is 3.30. The summed E-state index contributed by atoms with van der Waals surface area (Å²) in [6, 6.07) is 12.5. The van der Waals surface area contributed by atoms with Crippen LogP contribution in [0.3, 0.4) is 0 Å². The highest BCUT2D eigenvalue weighted by Gasteiger charge is 2.41. The highest BCUT2D eigenvalue weighted by atomic mass is 35.5. The van der Waals surface area contributed by atoms with Gasteiger partial charge >= 0.3 is 0 Å². The molecule has 3 rings (SSSR count). The summed E-state index contributed by atoms with van der Waals surface area (Å²) in [6.45, 7) is 5.39. The van der Waals surface area contributed by atoms with E-state index in [-0.39, 0.29) is 18.4 Å². The van der Waals surface area contributed by atoms with Gasteiger partial charge < -0.3 is 15.0 Å². The third-order valence-electron chi connectivity index (χ3n) is 4.56. The number of hydrogen-bond acceptors (Lipinski definition) is 4. The van der Waals surface area contributed by atoms with Crippen LogP contribution in [0.25, 0.3) is 0 Å². The number of hydrogen-bond donors (Lipinski definition) is 1. The average Bonchev–Trinajstić information content (AvgIpc) is 2.87. The van der Waals surface area contributed by atoms with Gasteiger partial charge in [0.1, 0.15) is 23.7 Å². The lowest BCUT2D eigenvalue weighted by Gasteiger charge is -2.28. The zero-order valence-electron chi connectivity index (χ0n) is 16.2. The van der Waals surface area contributed by atoms with E-state index >= 15 is 0 Å². The number of amides is 2. The second-order valence-corrected chi connectivity index (χ2v) is 7.51. The Morgan fingerprint density at radius 3 is 2.50 bits per heavy atom. The Morgan fingerprint density at radius 2 is 1.89 bits per heavy atom. The molecule has 2 aromatic carbocycles. The second-order valence-electron chi connectivity index (χ2n) is 7.11. The Morgan fingerprint density at radius 1 is 1.21 bits per heavy atom. The van der Waals surface area contributed by atoms with Gasteiger partial charge in [0, 0.05) is 5.56 Å². The van der Waals surface area contributed by atoms with Crippen molar-refractivity contribution in [2.75, 3.05) is 19.0 Å². The van der Waals surface area contributed by atoms with Crippen LogP contribution in [0.5, 0.6) is 5.75 Å². The van der Waals surface area contributed by atoms with E-state index in [9.17, 15) is 9.59 Å². The molecule has 1 aliphatic heterocycles. The van der Waals surface area contributed by atoms with Crippen LogP contribution in [0, 0.1) is 6.92 Å². The zero-order valence-corrected chi connectivity index (χ0v) is 17.0. The van der Waals surface area contributed by atoms with Crippen molar-refractivity contribution < 1.29 is 14.3 Å². The van der Waals surface area contributed by atoms with Crippen molar-refractivity contribution in [3.8, 4) is 5.75 Å². The number of rotatable bonds is 5. The Kier molecular flexibility index (Phi) is 5.42. The zero-order chi connectivity index (χ0) is 20.5. The van der Waals surface area contributed by atoms with E-state index < -0.39 is 5.66 Å². The largest absolute Gasteiger partial charge is 0.497 e. The number of halogens is 1. The number of ether oxygens (including phenoxy) is 1. The van der Waals surface area contributed by atoms with Crippen LogP contribution in [0.4, 0.5) is 5.69 Å². The van der Waals surface area contributed by atoms with E-state index in [0.717, 1.165) is 5.56 Å². The summed E-state index contributed by atoms with van der Waals surface area (Å²) in [7, 11) is 1.58.